The van der Waals surface area contributed by atoms with Gasteiger partial charge in [-0.15, -0.1) is 0 Å². The Bertz CT molecular complexity index is 3040. The number of amides is 4. The normalized spacial score (nSPS) is 22.3. The highest BCUT2D eigenvalue weighted by Crippen LogP contribution is 2.58. The molecule has 5 fully saturated rings. The van der Waals surface area contributed by atoms with E-state index in [0.717, 1.165) is 87.1 Å². The maximum atomic E-state index is 15.9. The van der Waals surface area contributed by atoms with Crippen LogP contribution in [0.4, 0.5) is 24.7 Å². The molecule has 4 saturated heterocycles. The van der Waals surface area contributed by atoms with E-state index >= 15 is 8.78 Å². The molecule has 8 heterocycles. The number of hydrogen-bond donors (Lipinski definition) is 2. The van der Waals surface area contributed by atoms with Crippen molar-refractivity contribution in [3.05, 3.63) is 111 Å². The van der Waals surface area contributed by atoms with Gasteiger partial charge in [-0.2, -0.15) is 4.98 Å². The Morgan fingerprint density at radius 3 is 2.29 bits per heavy atom. The first-order valence-corrected chi connectivity index (χ1v) is 25.4. The molecule has 11 rings (SSSR count). The fraction of sp³-hybridized carbons (Fsp3) is 0.491. The third kappa shape index (κ3) is 8.65. The van der Waals surface area contributed by atoms with Crippen LogP contribution in [0.2, 0.25) is 0 Å². The predicted molar refractivity (Wildman–Crippen MR) is 263 cm³/mol. The van der Waals surface area contributed by atoms with Crippen LogP contribution >= 0.6 is 0 Å². The number of pyridine rings is 1. The molecule has 2 aromatic carbocycles. The van der Waals surface area contributed by atoms with Crippen molar-refractivity contribution < 1.29 is 32.3 Å². The second-order valence-corrected chi connectivity index (χ2v) is 20.9. The summed E-state index contributed by atoms with van der Waals surface area (Å²) in [6.45, 7) is 9.37. The predicted octanol–water partition coefficient (Wildman–Crippen LogP) is 5.20. The minimum atomic E-state index is -0.689. The average molecular weight is 988 g/mol. The fourth-order valence-corrected chi connectivity index (χ4v) is 12.3. The summed E-state index contributed by atoms with van der Waals surface area (Å²) in [5.41, 5.74) is 3.80. The molecule has 378 valence electrons. The lowest BCUT2D eigenvalue weighted by Gasteiger charge is -2.42. The van der Waals surface area contributed by atoms with Crippen LogP contribution < -0.4 is 21.2 Å². The van der Waals surface area contributed by atoms with Gasteiger partial charge in [0, 0.05) is 113 Å². The van der Waals surface area contributed by atoms with Crippen LogP contribution in [0.3, 0.4) is 0 Å². The first-order chi connectivity index (χ1) is 34.7. The van der Waals surface area contributed by atoms with E-state index in [1.54, 1.807) is 22.1 Å². The number of anilines is 2. The number of halogens is 3. The number of likely N-dealkylation sites (tertiary alicyclic amines) is 2. The molecule has 3 aromatic heterocycles. The van der Waals surface area contributed by atoms with Crippen LogP contribution in [0.15, 0.2) is 59.7 Å². The van der Waals surface area contributed by atoms with Crippen molar-refractivity contribution >= 4 is 46.2 Å². The highest BCUT2D eigenvalue weighted by atomic mass is 19.1. The SMILES string of the molecule is CNc1nc(=O)n(-c2ccnc3c2cc(CN2CCC(c4c(F)cc(C(=O)N5CCC(CN6CCN(Cc7ccc8c(c7)C7(CC7)C(=O)N8C7CCC(=O)NC7=O)C[C@@H]6C)CC5)cc4F)CC2)n3C)cc1F. The molecule has 72 heavy (non-hydrogen) atoms. The minimum absolute atomic E-state index is 0.0249. The maximum absolute atomic E-state index is 15.9. The van der Waals surface area contributed by atoms with Gasteiger partial charge in [0.15, 0.2) is 11.6 Å². The molecule has 1 saturated carbocycles. The van der Waals surface area contributed by atoms with Gasteiger partial charge in [-0.3, -0.25) is 48.7 Å². The molecule has 1 unspecified atom stereocenters. The molecule has 1 aliphatic carbocycles. The number of carbonyl (C=O) groups is 4. The first-order valence-electron chi connectivity index (χ1n) is 25.4. The van der Waals surface area contributed by atoms with E-state index in [4.69, 9.17) is 0 Å². The van der Waals surface area contributed by atoms with Crippen molar-refractivity contribution in [2.24, 2.45) is 13.0 Å². The lowest BCUT2D eigenvalue weighted by atomic mass is 9.87. The molecular weight excluding hydrogens is 928 g/mol. The number of rotatable bonds is 11. The summed E-state index contributed by atoms with van der Waals surface area (Å²) in [6.07, 6.45) is 7.44. The third-order valence-corrected chi connectivity index (χ3v) is 16.5. The Balaban J connectivity index is 0.654. The van der Waals surface area contributed by atoms with E-state index in [1.807, 2.05) is 23.7 Å². The maximum Gasteiger partial charge on any atom is 0.354 e. The third-order valence-electron chi connectivity index (χ3n) is 16.5. The fourth-order valence-electron chi connectivity index (χ4n) is 12.3. The number of aromatic nitrogens is 4. The average Bonchev–Trinajstić information content (AvgIpc) is 4.07. The van der Waals surface area contributed by atoms with Crippen molar-refractivity contribution in [1.82, 2.24) is 44.0 Å². The zero-order valence-corrected chi connectivity index (χ0v) is 40.9. The topological polar surface area (TPSA) is 161 Å². The number of piperazine rings is 1. The standard InChI is InChI=1S/C53H60F3N11O5/c1-31-26-63(27-33-4-5-43-38(22-33)53(13-14-53)51(71)67(43)44-6-7-45(68)59-49(44)69)20-21-65(31)28-32-9-18-64(19-10-32)50(70)35-23-39(54)46(40(55)24-35)34-11-16-62(17-12-34)29-36-25-37-42(8-15-58-48(37)61(36)3)66-30-41(56)47(57-2)60-52(66)72/h4-5,8,15,22-25,30-32,34,44H,6-7,9-14,16-21,26-29H2,1-3H3,(H,57,60,72)(H,59,68,69)/t31-,44?/m0/s1. The molecule has 1 spiro atoms. The summed E-state index contributed by atoms with van der Waals surface area (Å²) in [5.74, 6) is -3.20. The van der Waals surface area contributed by atoms with Crippen LogP contribution in [0, 0.1) is 23.4 Å². The molecule has 2 atom stereocenters. The summed E-state index contributed by atoms with van der Waals surface area (Å²) in [5, 5.41) is 5.66. The van der Waals surface area contributed by atoms with E-state index in [2.05, 4.69) is 54.4 Å². The number of aryl methyl sites for hydroxylation is 1. The van der Waals surface area contributed by atoms with Gasteiger partial charge in [0.05, 0.1) is 17.3 Å². The Hall–Kier alpha value is -6.44. The lowest BCUT2D eigenvalue weighted by Crippen LogP contribution is -2.54. The molecular formula is C53H60F3N11O5. The Labute approximate surface area is 415 Å². The van der Waals surface area contributed by atoms with Crippen LogP contribution in [-0.2, 0) is 39.9 Å². The van der Waals surface area contributed by atoms with Gasteiger partial charge in [-0.05, 0) is 118 Å². The number of fused-ring (bicyclic) bond motifs is 3. The molecule has 0 bridgehead atoms. The summed E-state index contributed by atoms with van der Waals surface area (Å²) in [7, 11) is 3.37. The van der Waals surface area contributed by atoms with Gasteiger partial charge in [-0.25, -0.2) is 22.9 Å². The molecule has 2 N–H and O–H groups in total. The number of piperidine rings is 3. The second-order valence-electron chi connectivity index (χ2n) is 20.9. The number of carbonyl (C=O) groups excluding carboxylic acids is 4. The summed E-state index contributed by atoms with van der Waals surface area (Å²) < 4.78 is 49.5. The summed E-state index contributed by atoms with van der Waals surface area (Å²) in [4.78, 5) is 83.8. The van der Waals surface area contributed by atoms with Crippen molar-refractivity contribution in [3.8, 4) is 5.69 Å². The van der Waals surface area contributed by atoms with E-state index in [0.29, 0.717) is 80.7 Å². The van der Waals surface area contributed by atoms with Gasteiger partial charge < -0.3 is 14.8 Å². The zero-order chi connectivity index (χ0) is 50.2. The van der Waals surface area contributed by atoms with E-state index in [9.17, 15) is 28.4 Å². The van der Waals surface area contributed by atoms with Crippen molar-refractivity contribution in [2.75, 3.05) is 69.6 Å². The van der Waals surface area contributed by atoms with Gasteiger partial charge in [0.2, 0.25) is 17.7 Å². The highest BCUT2D eigenvalue weighted by molar-refractivity contribution is 6.15. The summed E-state index contributed by atoms with van der Waals surface area (Å²) >= 11 is 0. The van der Waals surface area contributed by atoms with Gasteiger partial charge in [0.25, 0.3) is 5.91 Å². The lowest BCUT2D eigenvalue weighted by molar-refractivity contribution is -0.135. The molecule has 5 aromatic rings. The Morgan fingerprint density at radius 2 is 1.60 bits per heavy atom. The van der Waals surface area contributed by atoms with Crippen LogP contribution in [-0.4, -0.2) is 134 Å². The molecule has 6 aliphatic rings. The monoisotopic (exact) mass is 987 g/mol. The van der Waals surface area contributed by atoms with Crippen LogP contribution in [0.1, 0.15) is 97.0 Å². The van der Waals surface area contributed by atoms with Crippen molar-refractivity contribution in [1.29, 1.82) is 0 Å². The number of benzene rings is 2. The molecule has 16 nitrogen and oxygen atoms in total. The quantitative estimate of drug-likeness (QED) is 0.168. The number of imide groups is 1. The zero-order valence-electron chi connectivity index (χ0n) is 40.9. The van der Waals surface area contributed by atoms with Gasteiger partial charge >= 0.3 is 5.69 Å². The number of nitrogens with zero attached hydrogens (tertiary/aromatic N) is 9. The van der Waals surface area contributed by atoms with Gasteiger partial charge in [-0.1, -0.05) is 12.1 Å². The van der Waals surface area contributed by atoms with Crippen LogP contribution in [0.25, 0.3) is 16.7 Å². The number of nitrogens with one attached hydrogen (secondary N) is 2. The van der Waals surface area contributed by atoms with Crippen molar-refractivity contribution in [2.45, 2.75) is 94.8 Å². The molecule has 4 amide bonds. The van der Waals surface area contributed by atoms with E-state index in [1.165, 1.54) is 23.7 Å². The van der Waals surface area contributed by atoms with E-state index in [-0.39, 0.29) is 47.0 Å². The summed E-state index contributed by atoms with van der Waals surface area (Å²) in [6, 6.07) is 11.8. The largest absolute Gasteiger partial charge is 0.370 e. The van der Waals surface area contributed by atoms with Crippen molar-refractivity contribution in [3.63, 3.8) is 0 Å². The molecule has 19 heteroatoms. The van der Waals surface area contributed by atoms with Crippen LogP contribution in [0.5, 0.6) is 0 Å². The van der Waals surface area contributed by atoms with E-state index < -0.39 is 40.5 Å². The number of hydrogen-bond acceptors (Lipinski definition) is 11. The first kappa shape index (κ1) is 47.9. The van der Waals surface area contributed by atoms with Gasteiger partial charge in [0.1, 0.15) is 23.3 Å². The molecule has 0 radical (unpaired) electrons. The second kappa shape index (κ2) is 18.9. The minimum Gasteiger partial charge on any atom is -0.370 e. The molecule has 5 aliphatic heterocycles. The highest BCUT2D eigenvalue weighted by Gasteiger charge is 2.61. The Kier molecular flexibility index (Phi) is 12.5. The Morgan fingerprint density at radius 1 is 0.847 bits per heavy atom. The smallest absolute Gasteiger partial charge is 0.354 e.